The zero-order chi connectivity index (χ0) is 18.4. The largest absolute Gasteiger partial charge is 0.492 e. The first-order valence-corrected chi connectivity index (χ1v) is 7.98. The number of ether oxygens (including phenoxy) is 1. The molecule has 136 valence electrons. The first-order chi connectivity index (χ1) is 11.6. The van der Waals surface area contributed by atoms with E-state index in [4.69, 9.17) is 4.74 Å². The minimum atomic E-state index is -4.44. The summed E-state index contributed by atoms with van der Waals surface area (Å²) >= 11 is 0. The standard InChI is InChI=1S/C17H19F3N2O3/c1-16(2)10-25-14-11(4-3-5-12(14)16)15(24)21-6-7-22(13(23)8-21)9-17(18,19)20/h3-5H,6-10H2,1-2H3. The fourth-order valence-electron chi connectivity index (χ4n) is 3.16. The molecule has 0 aromatic heterocycles. The van der Waals surface area contributed by atoms with E-state index in [-0.39, 0.29) is 25.0 Å². The van der Waals surface area contributed by atoms with Crippen LogP contribution in [0.4, 0.5) is 13.2 Å². The molecule has 0 atom stereocenters. The molecule has 0 radical (unpaired) electrons. The number of halogens is 3. The molecule has 2 amide bonds. The third kappa shape index (κ3) is 3.43. The average Bonchev–Trinajstić information content (AvgIpc) is 2.83. The fourth-order valence-corrected chi connectivity index (χ4v) is 3.16. The highest BCUT2D eigenvalue weighted by Crippen LogP contribution is 2.40. The minimum absolute atomic E-state index is 0.0632. The third-order valence-electron chi connectivity index (χ3n) is 4.53. The molecule has 3 rings (SSSR count). The van der Waals surface area contributed by atoms with Crippen LogP contribution in [0, 0.1) is 0 Å². The van der Waals surface area contributed by atoms with Gasteiger partial charge in [-0.05, 0) is 6.07 Å². The van der Waals surface area contributed by atoms with Gasteiger partial charge < -0.3 is 14.5 Å². The summed E-state index contributed by atoms with van der Waals surface area (Å²) in [7, 11) is 0. The Morgan fingerprint density at radius 1 is 1.28 bits per heavy atom. The first-order valence-electron chi connectivity index (χ1n) is 7.98. The quantitative estimate of drug-likeness (QED) is 0.816. The zero-order valence-electron chi connectivity index (χ0n) is 14.0. The van der Waals surface area contributed by atoms with Gasteiger partial charge in [-0.2, -0.15) is 13.2 Å². The van der Waals surface area contributed by atoms with E-state index in [2.05, 4.69) is 0 Å². The molecule has 1 saturated heterocycles. The van der Waals surface area contributed by atoms with Crippen molar-refractivity contribution in [3.63, 3.8) is 0 Å². The number of hydrogen-bond acceptors (Lipinski definition) is 3. The van der Waals surface area contributed by atoms with Gasteiger partial charge in [0.2, 0.25) is 5.91 Å². The van der Waals surface area contributed by atoms with Gasteiger partial charge in [-0.15, -0.1) is 0 Å². The maximum atomic E-state index is 12.8. The Morgan fingerprint density at radius 2 is 2.00 bits per heavy atom. The Labute approximate surface area is 143 Å². The molecule has 0 aliphatic carbocycles. The molecule has 0 bridgehead atoms. The van der Waals surface area contributed by atoms with E-state index >= 15 is 0 Å². The van der Waals surface area contributed by atoms with Crippen LogP contribution in [-0.2, 0) is 10.2 Å². The molecule has 0 unspecified atom stereocenters. The summed E-state index contributed by atoms with van der Waals surface area (Å²) in [5, 5.41) is 0. The average molecular weight is 356 g/mol. The second-order valence-electron chi connectivity index (χ2n) is 7.01. The molecule has 1 aromatic carbocycles. The van der Waals surface area contributed by atoms with Crippen LogP contribution in [0.2, 0.25) is 0 Å². The van der Waals surface area contributed by atoms with Crippen LogP contribution in [0.1, 0.15) is 29.8 Å². The summed E-state index contributed by atoms with van der Waals surface area (Å²) in [4.78, 5) is 26.7. The number of carbonyl (C=O) groups excluding carboxylic acids is 2. The van der Waals surface area contributed by atoms with Crippen LogP contribution in [0.3, 0.4) is 0 Å². The number of rotatable bonds is 2. The topological polar surface area (TPSA) is 49.9 Å². The van der Waals surface area contributed by atoms with Crippen molar-refractivity contribution in [2.75, 3.05) is 32.8 Å². The second-order valence-corrected chi connectivity index (χ2v) is 7.01. The van der Waals surface area contributed by atoms with Gasteiger partial charge in [-0.1, -0.05) is 26.0 Å². The van der Waals surface area contributed by atoms with Gasteiger partial charge in [-0.25, -0.2) is 0 Å². The molecule has 1 aromatic rings. The van der Waals surface area contributed by atoms with Crippen molar-refractivity contribution in [1.82, 2.24) is 9.80 Å². The van der Waals surface area contributed by atoms with Crippen LogP contribution in [0.15, 0.2) is 18.2 Å². The van der Waals surface area contributed by atoms with E-state index in [1.807, 2.05) is 19.9 Å². The maximum Gasteiger partial charge on any atom is 0.406 e. The van der Waals surface area contributed by atoms with Crippen molar-refractivity contribution < 1.29 is 27.5 Å². The molecule has 1 fully saturated rings. The highest BCUT2D eigenvalue weighted by atomic mass is 19.4. The zero-order valence-corrected chi connectivity index (χ0v) is 14.0. The van der Waals surface area contributed by atoms with Crippen molar-refractivity contribution in [2.45, 2.75) is 25.4 Å². The Bertz CT molecular complexity index is 716. The lowest BCUT2D eigenvalue weighted by molar-refractivity contribution is -0.164. The van der Waals surface area contributed by atoms with E-state index in [1.165, 1.54) is 4.90 Å². The van der Waals surface area contributed by atoms with Gasteiger partial charge in [0.1, 0.15) is 18.8 Å². The van der Waals surface area contributed by atoms with Gasteiger partial charge in [-0.3, -0.25) is 9.59 Å². The van der Waals surface area contributed by atoms with Crippen molar-refractivity contribution in [3.05, 3.63) is 29.3 Å². The Kier molecular flexibility index (Phi) is 4.17. The number of nitrogens with zero attached hydrogens (tertiary/aromatic N) is 2. The molecule has 25 heavy (non-hydrogen) atoms. The summed E-state index contributed by atoms with van der Waals surface area (Å²) in [6, 6.07) is 5.27. The van der Waals surface area contributed by atoms with Crippen molar-refractivity contribution in [2.24, 2.45) is 0 Å². The molecule has 8 heteroatoms. The van der Waals surface area contributed by atoms with Gasteiger partial charge in [0.25, 0.3) is 5.91 Å². The fraction of sp³-hybridized carbons (Fsp3) is 0.529. The third-order valence-corrected chi connectivity index (χ3v) is 4.53. The molecular formula is C17H19F3N2O3. The lowest BCUT2D eigenvalue weighted by atomic mass is 9.86. The van der Waals surface area contributed by atoms with E-state index in [0.29, 0.717) is 17.9 Å². The highest BCUT2D eigenvalue weighted by Gasteiger charge is 2.38. The minimum Gasteiger partial charge on any atom is -0.492 e. The molecule has 2 aliphatic heterocycles. The van der Waals surface area contributed by atoms with Crippen molar-refractivity contribution >= 4 is 11.8 Å². The molecule has 0 saturated carbocycles. The molecule has 0 spiro atoms. The van der Waals surface area contributed by atoms with Gasteiger partial charge in [0.05, 0.1) is 12.2 Å². The van der Waals surface area contributed by atoms with Crippen molar-refractivity contribution in [1.29, 1.82) is 0 Å². The summed E-state index contributed by atoms with van der Waals surface area (Å²) < 4.78 is 43.1. The van der Waals surface area contributed by atoms with E-state index in [0.717, 1.165) is 10.5 Å². The van der Waals surface area contributed by atoms with Crippen LogP contribution < -0.4 is 4.74 Å². The number of carbonyl (C=O) groups is 2. The number of alkyl halides is 3. The predicted octanol–water partition coefficient (Wildman–Crippen LogP) is 2.20. The monoisotopic (exact) mass is 356 g/mol. The van der Waals surface area contributed by atoms with E-state index < -0.39 is 24.5 Å². The molecule has 2 aliphatic rings. The number of hydrogen-bond donors (Lipinski definition) is 0. The van der Waals surface area contributed by atoms with E-state index in [1.54, 1.807) is 12.1 Å². The number of amides is 2. The Morgan fingerprint density at radius 3 is 2.64 bits per heavy atom. The van der Waals surface area contributed by atoms with E-state index in [9.17, 15) is 22.8 Å². The Hall–Kier alpha value is -2.25. The summed E-state index contributed by atoms with van der Waals surface area (Å²) in [6.07, 6.45) is -4.44. The number of para-hydroxylation sites is 1. The number of piperazine rings is 1. The number of fused-ring (bicyclic) bond motifs is 1. The van der Waals surface area contributed by atoms with Crippen LogP contribution in [0.5, 0.6) is 5.75 Å². The smallest absolute Gasteiger partial charge is 0.406 e. The van der Waals surface area contributed by atoms with Crippen LogP contribution in [-0.4, -0.2) is 60.6 Å². The second kappa shape index (κ2) is 5.93. The molecular weight excluding hydrogens is 337 g/mol. The van der Waals surface area contributed by atoms with Crippen molar-refractivity contribution in [3.8, 4) is 5.75 Å². The number of benzene rings is 1. The van der Waals surface area contributed by atoms with Crippen LogP contribution in [0.25, 0.3) is 0 Å². The molecule has 0 N–H and O–H groups in total. The van der Waals surface area contributed by atoms with Gasteiger partial charge in [0, 0.05) is 24.1 Å². The maximum absolute atomic E-state index is 12.8. The molecule has 2 heterocycles. The van der Waals surface area contributed by atoms with Gasteiger partial charge in [0.15, 0.2) is 0 Å². The Balaban J connectivity index is 1.76. The lowest BCUT2D eigenvalue weighted by Crippen LogP contribution is -2.54. The van der Waals surface area contributed by atoms with Gasteiger partial charge >= 0.3 is 6.18 Å². The highest BCUT2D eigenvalue weighted by molar-refractivity contribution is 6.00. The van der Waals surface area contributed by atoms with Crippen LogP contribution >= 0.6 is 0 Å². The lowest BCUT2D eigenvalue weighted by Gasteiger charge is -2.34. The summed E-state index contributed by atoms with van der Waals surface area (Å²) in [6.45, 7) is 2.75. The predicted molar refractivity (Wildman–Crippen MR) is 83.5 cm³/mol. The SMILES string of the molecule is CC1(C)COc2c(C(=O)N3CCN(CC(F)(F)F)C(=O)C3)cccc21. The first kappa shape index (κ1) is 17.6. The summed E-state index contributed by atoms with van der Waals surface area (Å²) in [5.41, 5.74) is 1.05. The normalized spacial score (nSPS) is 19.6. The molecule has 5 nitrogen and oxygen atoms in total. The summed E-state index contributed by atoms with van der Waals surface area (Å²) in [5.74, 6) is -0.594.